The Morgan fingerprint density at radius 2 is 2.15 bits per heavy atom. The number of carbonyl (C=O) groups is 1. The molecule has 1 rings (SSSR count). The van der Waals surface area contributed by atoms with Crippen molar-refractivity contribution in [1.82, 2.24) is 10.2 Å². The lowest BCUT2D eigenvalue weighted by molar-refractivity contribution is 0.0562. The molecule has 114 valence electrons. The molecule has 1 heterocycles. The molecule has 1 aromatic rings. The van der Waals surface area contributed by atoms with Crippen molar-refractivity contribution in [2.75, 3.05) is 47.5 Å². The fourth-order valence-corrected chi connectivity index (χ4v) is 1.73. The molecule has 0 spiro atoms. The van der Waals surface area contributed by atoms with Gasteiger partial charge in [0, 0.05) is 26.7 Å². The number of rotatable bonds is 9. The summed E-state index contributed by atoms with van der Waals surface area (Å²) in [4.78, 5) is 13.5. The van der Waals surface area contributed by atoms with Gasteiger partial charge < -0.3 is 24.1 Å². The molecule has 1 N–H and O–H groups in total. The van der Waals surface area contributed by atoms with Crippen molar-refractivity contribution in [2.45, 2.75) is 13.0 Å². The second-order valence-electron chi connectivity index (χ2n) is 4.67. The maximum Gasteiger partial charge on any atom is 0.373 e. The highest BCUT2D eigenvalue weighted by Crippen LogP contribution is 2.16. The summed E-state index contributed by atoms with van der Waals surface area (Å²) in [6.07, 6.45) is 0. The van der Waals surface area contributed by atoms with Gasteiger partial charge in [-0.1, -0.05) is 0 Å². The predicted molar refractivity (Wildman–Crippen MR) is 75.8 cm³/mol. The van der Waals surface area contributed by atoms with Crippen LogP contribution in [0.5, 0.6) is 0 Å². The number of nitrogens with one attached hydrogen (secondary N) is 1. The zero-order valence-corrected chi connectivity index (χ0v) is 12.6. The molecule has 0 saturated heterocycles. The van der Waals surface area contributed by atoms with E-state index in [1.165, 1.54) is 7.11 Å². The summed E-state index contributed by atoms with van der Waals surface area (Å²) in [6.45, 7) is 5.37. The second kappa shape index (κ2) is 8.73. The van der Waals surface area contributed by atoms with E-state index in [0.717, 1.165) is 32.0 Å². The summed E-state index contributed by atoms with van der Waals surface area (Å²) in [6, 6.07) is 3.46. The van der Waals surface area contributed by atoms with Gasteiger partial charge in [-0.2, -0.15) is 0 Å². The zero-order valence-electron chi connectivity index (χ0n) is 12.6. The molecular weight excluding hydrogens is 260 g/mol. The summed E-state index contributed by atoms with van der Waals surface area (Å²) >= 11 is 0. The van der Waals surface area contributed by atoms with Crippen LogP contribution in [0.4, 0.5) is 0 Å². The van der Waals surface area contributed by atoms with E-state index in [1.807, 2.05) is 14.0 Å². The Morgan fingerprint density at radius 3 is 2.80 bits per heavy atom. The molecule has 1 atom stereocenters. The number of carbonyl (C=O) groups excluding carboxylic acids is 1. The third-order valence-corrected chi connectivity index (χ3v) is 3.06. The fraction of sp³-hybridized carbons (Fsp3) is 0.643. The van der Waals surface area contributed by atoms with Gasteiger partial charge in [0.25, 0.3) is 0 Å². The van der Waals surface area contributed by atoms with Crippen molar-refractivity contribution in [3.05, 3.63) is 23.7 Å². The molecule has 1 unspecified atom stereocenters. The van der Waals surface area contributed by atoms with Gasteiger partial charge in [0.2, 0.25) is 5.76 Å². The van der Waals surface area contributed by atoms with Crippen LogP contribution in [-0.2, 0) is 9.47 Å². The molecule has 0 aliphatic carbocycles. The summed E-state index contributed by atoms with van der Waals surface area (Å²) < 4.78 is 15.1. The molecule has 20 heavy (non-hydrogen) atoms. The number of ether oxygens (including phenoxy) is 2. The first-order chi connectivity index (χ1) is 9.58. The van der Waals surface area contributed by atoms with Gasteiger partial charge in [-0.3, -0.25) is 0 Å². The van der Waals surface area contributed by atoms with Crippen molar-refractivity contribution >= 4 is 5.97 Å². The molecule has 0 aromatic carbocycles. The average molecular weight is 284 g/mol. The van der Waals surface area contributed by atoms with Crippen LogP contribution in [0.2, 0.25) is 0 Å². The number of hydrogen-bond donors (Lipinski definition) is 1. The van der Waals surface area contributed by atoms with Crippen molar-refractivity contribution in [1.29, 1.82) is 0 Å². The summed E-state index contributed by atoms with van der Waals surface area (Å²) in [5.41, 5.74) is 0. The van der Waals surface area contributed by atoms with Gasteiger partial charge in [-0.25, -0.2) is 4.79 Å². The number of likely N-dealkylation sites (N-methyl/N-ethyl adjacent to an activating group) is 1. The number of nitrogens with zero attached hydrogens (tertiary/aromatic N) is 1. The third kappa shape index (κ3) is 5.32. The molecule has 0 aliphatic heterocycles. The van der Waals surface area contributed by atoms with Crippen LogP contribution in [0.3, 0.4) is 0 Å². The minimum absolute atomic E-state index is 0.0456. The lowest BCUT2D eigenvalue weighted by Crippen LogP contribution is -2.32. The minimum Gasteiger partial charge on any atom is -0.463 e. The average Bonchev–Trinajstić information content (AvgIpc) is 2.94. The highest BCUT2D eigenvalue weighted by molar-refractivity contribution is 5.86. The Hall–Kier alpha value is -1.37. The van der Waals surface area contributed by atoms with Crippen molar-refractivity contribution in [3.8, 4) is 0 Å². The van der Waals surface area contributed by atoms with E-state index in [4.69, 9.17) is 9.15 Å². The predicted octanol–water partition coefficient (Wildman–Crippen LogP) is 1.29. The molecule has 6 heteroatoms. The van der Waals surface area contributed by atoms with Crippen LogP contribution in [-0.4, -0.2) is 58.4 Å². The largest absolute Gasteiger partial charge is 0.463 e. The van der Waals surface area contributed by atoms with Gasteiger partial charge >= 0.3 is 5.97 Å². The van der Waals surface area contributed by atoms with Crippen LogP contribution >= 0.6 is 0 Å². The highest BCUT2D eigenvalue weighted by Gasteiger charge is 2.14. The Bertz CT molecular complexity index is 406. The van der Waals surface area contributed by atoms with Gasteiger partial charge in [0.15, 0.2) is 0 Å². The topological polar surface area (TPSA) is 63.9 Å². The maximum absolute atomic E-state index is 11.3. The van der Waals surface area contributed by atoms with Crippen LogP contribution in [0.1, 0.15) is 29.3 Å². The normalized spacial score (nSPS) is 12.7. The first-order valence-corrected chi connectivity index (χ1v) is 6.67. The molecule has 6 nitrogen and oxygen atoms in total. The van der Waals surface area contributed by atoms with E-state index in [2.05, 4.69) is 15.0 Å². The van der Waals surface area contributed by atoms with Crippen molar-refractivity contribution in [2.24, 2.45) is 0 Å². The SMILES string of the molecule is COCCN(C)CCNC(C)c1ccc(C(=O)OC)o1. The quantitative estimate of drug-likeness (QED) is 0.690. The standard InChI is InChI=1S/C14H24N2O4/c1-11(15-7-8-16(2)9-10-18-3)12-5-6-13(20-12)14(17)19-4/h5-6,11,15H,7-10H2,1-4H3. The molecular formula is C14H24N2O4. The minimum atomic E-state index is -0.456. The smallest absolute Gasteiger partial charge is 0.373 e. The molecule has 0 aliphatic rings. The van der Waals surface area contributed by atoms with Crippen molar-refractivity contribution in [3.63, 3.8) is 0 Å². The molecule has 0 saturated carbocycles. The molecule has 0 amide bonds. The van der Waals surface area contributed by atoms with E-state index >= 15 is 0 Å². The number of esters is 1. The number of furan rings is 1. The fourth-order valence-electron chi connectivity index (χ4n) is 1.73. The Kier molecular flexibility index (Phi) is 7.28. The third-order valence-electron chi connectivity index (χ3n) is 3.06. The van der Waals surface area contributed by atoms with Gasteiger partial charge in [0.05, 0.1) is 19.8 Å². The first kappa shape index (κ1) is 16.7. The van der Waals surface area contributed by atoms with E-state index in [9.17, 15) is 4.79 Å². The second-order valence-corrected chi connectivity index (χ2v) is 4.67. The van der Waals surface area contributed by atoms with Crippen LogP contribution in [0, 0.1) is 0 Å². The summed E-state index contributed by atoms with van der Waals surface area (Å²) in [5.74, 6) is 0.501. The molecule has 0 bridgehead atoms. The van der Waals surface area contributed by atoms with E-state index in [0.29, 0.717) is 0 Å². The van der Waals surface area contributed by atoms with Crippen LogP contribution in [0.15, 0.2) is 16.5 Å². The van der Waals surface area contributed by atoms with Crippen LogP contribution in [0.25, 0.3) is 0 Å². The van der Waals surface area contributed by atoms with E-state index in [-0.39, 0.29) is 11.8 Å². The first-order valence-electron chi connectivity index (χ1n) is 6.67. The Labute approximate surface area is 120 Å². The Morgan fingerprint density at radius 1 is 1.40 bits per heavy atom. The summed E-state index contributed by atoms with van der Waals surface area (Å²) in [7, 11) is 5.08. The van der Waals surface area contributed by atoms with E-state index in [1.54, 1.807) is 19.2 Å². The van der Waals surface area contributed by atoms with Gasteiger partial charge in [-0.15, -0.1) is 0 Å². The highest BCUT2D eigenvalue weighted by atomic mass is 16.5. The van der Waals surface area contributed by atoms with E-state index < -0.39 is 5.97 Å². The monoisotopic (exact) mass is 284 g/mol. The molecule has 1 aromatic heterocycles. The maximum atomic E-state index is 11.3. The lowest BCUT2D eigenvalue weighted by Gasteiger charge is -2.18. The lowest BCUT2D eigenvalue weighted by atomic mass is 10.2. The van der Waals surface area contributed by atoms with Gasteiger partial charge in [-0.05, 0) is 26.1 Å². The van der Waals surface area contributed by atoms with Crippen molar-refractivity contribution < 1.29 is 18.7 Å². The number of methoxy groups -OCH3 is 2. The summed E-state index contributed by atoms with van der Waals surface area (Å²) in [5, 5.41) is 3.35. The number of hydrogen-bond acceptors (Lipinski definition) is 6. The van der Waals surface area contributed by atoms with Gasteiger partial charge in [0.1, 0.15) is 5.76 Å². The zero-order chi connectivity index (χ0) is 15.0. The molecule has 0 fully saturated rings. The Balaban J connectivity index is 2.33. The molecule has 0 radical (unpaired) electrons. The van der Waals surface area contributed by atoms with Crippen LogP contribution < -0.4 is 5.32 Å².